The molecule has 4 rings (SSSR count). The van der Waals surface area contributed by atoms with Crippen LogP contribution in [0.5, 0.6) is 0 Å². The molecule has 0 radical (unpaired) electrons. The zero-order chi connectivity index (χ0) is 21.6. The number of ketones is 1. The smallest absolute Gasteiger partial charge is 0.262 e. The number of carbonyl (C=O) groups is 1. The minimum Gasteiger partial charge on any atom is -0.383 e. The number of methoxy groups -OCH3 is 1. The molecule has 6 nitrogen and oxygen atoms in total. The zero-order valence-electron chi connectivity index (χ0n) is 17.1. The van der Waals surface area contributed by atoms with Crippen molar-refractivity contribution >= 4 is 22.8 Å². The van der Waals surface area contributed by atoms with E-state index in [0.717, 1.165) is 16.5 Å². The number of ether oxygens (including phenoxy) is 1. The fraction of sp³-hybridized carbons (Fsp3) is 0.120. The Kier molecular flexibility index (Phi) is 6.10. The zero-order valence-corrected chi connectivity index (χ0v) is 17.1. The molecule has 0 saturated heterocycles. The van der Waals surface area contributed by atoms with Gasteiger partial charge < -0.3 is 9.30 Å². The maximum Gasteiger partial charge on any atom is 0.262 e. The number of fused-ring (bicyclic) bond motifs is 1. The van der Waals surface area contributed by atoms with Gasteiger partial charge in [0.25, 0.3) is 5.56 Å². The lowest BCUT2D eigenvalue weighted by atomic mass is 9.93. The van der Waals surface area contributed by atoms with E-state index in [0.29, 0.717) is 24.3 Å². The van der Waals surface area contributed by atoms with Crippen LogP contribution in [0, 0.1) is 0 Å². The number of rotatable bonds is 7. The molecule has 154 valence electrons. The van der Waals surface area contributed by atoms with Crippen molar-refractivity contribution in [2.24, 2.45) is 0 Å². The number of hydrogen-bond acceptors (Lipinski definition) is 5. The van der Waals surface area contributed by atoms with Gasteiger partial charge >= 0.3 is 0 Å². The van der Waals surface area contributed by atoms with Gasteiger partial charge in [0.05, 0.1) is 17.7 Å². The van der Waals surface area contributed by atoms with E-state index in [4.69, 9.17) is 4.74 Å². The molecule has 31 heavy (non-hydrogen) atoms. The second kappa shape index (κ2) is 9.28. The summed E-state index contributed by atoms with van der Waals surface area (Å²) < 4.78 is 6.81. The monoisotopic (exact) mass is 411 g/mol. The lowest BCUT2D eigenvalue weighted by Crippen LogP contribution is -2.29. The summed E-state index contributed by atoms with van der Waals surface area (Å²) in [5.74, 6) is -0.371. The third kappa shape index (κ3) is 4.20. The molecule has 2 heterocycles. The fourth-order valence-electron chi connectivity index (χ4n) is 3.60. The summed E-state index contributed by atoms with van der Waals surface area (Å²) in [5, 5.41) is 0.837. The Morgan fingerprint density at radius 2 is 1.74 bits per heavy atom. The van der Waals surface area contributed by atoms with Crippen LogP contribution < -0.4 is 5.56 Å². The molecule has 0 unspecified atom stereocenters. The average Bonchev–Trinajstić information content (AvgIpc) is 2.82. The van der Waals surface area contributed by atoms with Gasteiger partial charge in [-0.2, -0.15) is 0 Å². The molecule has 2 aromatic carbocycles. The summed E-state index contributed by atoms with van der Waals surface area (Å²) in [6, 6.07) is 17.1. The van der Waals surface area contributed by atoms with Gasteiger partial charge in [0.2, 0.25) is 0 Å². The minimum atomic E-state index is -0.371. The topological polar surface area (TPSA) is 74.1 Å². The Hall–Kier alpha value is -3.90. The molecule has 0 spiro atoms. The second-order valence-electron chi connectivity index (χ2n) is 6.95. The third-order valence-electron chi connectivity index (χ3n) is 5.01. The van der Waals surface area contributed by atoms with Gasteiger partial charge in [-0.25, -0.2) is 9.97 Å². The van der Waals surface area contributed by atoms with Gasteiger partial charge in [-0.3, -0.25) is 9.59 Å². The van der Waals surface area contributed by atoms with E-state index in [9.17, 15) is 9.59 Å². The maximum atomic E-state index is 13.6. The summed E-state index contributed by atoms with van der Waals surface area (Å²) in [7, 11) is 1.59. The van der Waals surface area contributed by atoms with Gasteiger partial charge in [-0.05, 0) is 23.8 Å². The van der Waals surface area contributed by atoms with Gasteiger partial charge in [-0.1, -0.05) is 48.5 Å². The fourth-order valence-corrected chi connectivity index (χ4v) is 3.60. The lowest BCUT2D eigenvalue weighted by molar-refractivity contribution is 0.104. The number of pyridine rings is 1. The molecular formula is C25H21N3O3. The molecule has 0 fully saturated rings. The van der Waals surface area contributed by atoms with Crippen molar-refractivity contribution in [3.63, 3.8) is 0 Å². The largest absolute Gasteiger partial charge is 0.383 e. The number of nitrogens with zero attached hydrogens (tertiary/aromatic N) is 3. The minimum absolute atomic E-state index is 0.133. The van der Waals surface area contributed by atoms with Crippen LogP contribution in [0.4, 0.5) is 0 Å². The highest BCUT2D eigenvalue weighted by Crippen LogP contribution is 2.31. The van der Waals surface area contributed by atoms with E-state index in [1.165, 1.54) is 12.4 Å². The van der Waals surface area contributed by atoms with Crippen LogP contribution in [-0.4, -0.2) is 34.0 Å². The van der Waals surface area contributed by atoms with Gasteiger partial charge in [0.1, 0.15) is 6.33 Å². The Bertz CT molecular complexity index is 1300. The Morgan fingerprint density at radius 3 is 2.48 bits per heavy atom. The van der Waals surface area contributed by atoms with Crippen molar-refractivity contribution < 1.29 is 9.53 Å². The van der Waals surface area contributed by atoms with Crippen molar-refractivity contribution in [1.29, 1.82) is 0 Å². The number of aromatic nitrogens is 3. The molecule has 0 bridgehead atoms. The summed E-state index contributed by atoms with van der Waals surface area (Å²) in [4.78, 5) is 34.8. The number of carbonyl (C=O) groups excluding carboxylic acids is 1. The molecule has 0 N–H and O–H groups in total. The molecule has 0 atom stereocenters. The SMILES string of the molecule is COCCn1c(=O)c(C(=O)/C=C/c2cncnc2)c(-c2ccccc2)c2ccccc21. The summed E-state index contributed by atoms with van der Waals surface area (Å²) in [6.45, 7) is 0.709. The number of para-hydroxylation sites is 1. The molecule has 0 saturated carbocycles. The Balaban J connectivity index is 1.98. The van der Waals surface area contributed by atoms with Crippen LogP contribution in [0.25, 0.3) is 28.1 Å². The molecule has 0 aliphatic carbocycles. The van der Waals surface area contributed by atoms with Crippen LogP contribution in [0.15, 0.2) is 84.2 Å². The van der Waals surface area contributed by atoms with E-state index in [2.05, 4.69) is 9.97 Å². The highest BCUT2D eigenvalue weighted by atomic mass is 16.5. The average molecular weight is 411 g/mol. The van der Waals surface area contributed by atoms with Crippen LogP contribution in [0.2, 0.25) is 0 Å². The second-order valence-corrected chi connectivity index (χ2v) is 6.95. The van der Waals surface area contributed by atoms with Crippen LogP contribution in [0.1, 0.15) is 15.9 Å². The van der Waals surface area contributed by atoms with Crippen molar-refractivity contribution in [2.45, 2.75) is 6.54 Å². The van der Waals surface area contributed by atoms with E-state index < -0.39 is 0 Å². The van der Waals surface area contributed by atoms with E-state index >= 15 is 0 Å². The summed E-state index contributed by atoms with van der Waals surface area (Å²) in [6.07, 6.45) is 7.64. The Labute approximate surface area is 179 Å². The molecule has 0 aliphatic rings. The van der Waals surface area contributed by atoms with Crippen molar-refractivity contribution in [3.05, 3.63) is 101 Å². The van der Waals surface area contributed by atoms with Gasteiger partial charge in [-0.15, -0.1) is 0 Å². The summed E-state index contributed by atoms with van der Waals surface area (Å²) >= 11 is 0. The lowest BCUT2D eigenvalue weighted by Gasteiger charge is -2.17. The first kappa shape index (κ1) is 20.4. The molecule has 2 aromatic heterocycles. The summed E-state index contributed by atoms with van der Waals surface area (Å²) in [5.41, 5.74) is 2.68. The highest BCUT2D eigenvalue weighted by molar-refractivity contribution is 6.15. The van der Waals surface area contributed by atoms with Crippen molar-refractivity contribution in [2.75, 3.05) is 13.7 Å². The van der Waals surface area contributed by atoms with Crippen molar-refractivity contribution in [1.82, 2.24) is 14.5 Å². The van der Waals surface area contributed by atoms with Crippen LogP contribution in [0.3, 0.4) is 0 Å². The molecular weight excluding hydrogens is 390 g/mol. The predicted octanol–water partition coefficient (Wildman–Crippen LogP) is 4.00. The molecule has 4 aromatic rings. The molecule has 6 heteroatoms. The number of hydrogen-bond donors (Lipinski definition) is 0. The third-order valence-corrected chi connectivity index (χ3v) is 5.01. The standard InChI is InChI=1S/C25H21N3O3/c1-31-14-13-28-21-10-6-5-9-20(21)23(19-7-3-2-4-8-19)24(25(28)30)22(29)12-11-18-15-26-17-27-16-18/h2-12,15-17H,13-14H2,1H3/b12-11+. The molecule has 0 amide bonds. The van der Waals surface area contributed by atoms with Crippen LogP contribution in [-0.2, 0) is 11.3 Å². The first-order valence-corrected chi connectivity index (χ1v) is 9.88. The van der Waals surface area contributed by atoms with Crippen molar-refractivity contribution in [3.8, 4) is 11.1 Å². The van der Waals surface area contributed by atoms with E-state index in [1.54, 1.807) is 30.1 Å². The first-order chi connectivity index (χ1) is 15.2. The first-order valence-electron chi connectivity index (χ1n) is 9.88. The quantitative estimate of drug-likeness (QED) is 0.339. The molecule has 0 aliphatic heterocycles. The Morgan fingerprint density at radius 1 is 1.03 bits per heavy atom. The maximum absolute atomic E-state index is 13.6. The van der Waals surface area contributed by atoms with E-state index in [1.807, 2.05) is 54.6 Å². The number of benzene rings is 2. The number of allylic oxidation sites excluding steroid dienone is 1. The van der Waals surface area contributed by atoms with Gasteiger partial charge in [0, 0.05) is 42.6 Å². The van der Waals surface area contributed by atoms with E-state index in [-0.39, 0.29) is 16.9 Å². The predicted molar refractivity (Wildman–Crippen MR) is 121 cm³/mol. The highest BCUT2D eigenvalue weighted by Gasteiger charge is 2.21. The van der Waals surface area contributed by atoms with Gasteiger partial charge in [0.15, 0.2) is 5.78 Å². The van der Waals surface area contributed by atoms with Crippen LogP contribution >= 0.6 is 0 Å². The normalized spacial score (nSPS) is 11.3.